The molecule has 0 radical (unpaired) electrons. The summed E-state index contributed by atoms with van der Waals surface area (Å²) in [5, 5.41) is 10.5. The van der Waals surface area contributed by atoms with Crippen molar-refractivity contribution in [2.24, 2.45) is 5.41 Å². The minimum Gasteiger partial charge on any atom is -0.465 e. The first-order valence-corrected chi connectivity index (χ1v) is 6.18. The molecular formula is C12H17BrO4. The number of rotatable bonds is 4. The van der Waals surface area contributed by atoms with Gasteiger partial charge in [0, 0.05) is 0 Å². The first kappa shape index (κ1) is 14.3. The van der Waals surface area contributed by atoms with Crippen molar-refractivity contribution >= 4 is 21.9 Å². The van der Waals surface area contributed by atoms with E-state index in [1.54, 1.807) is 32.9 Å². The average molecular weight is 305 g/mol. The van der Waals surface area contributed by atoms with Crippen LogP contribution in [-0.4, -0.2) is 17.7 Å². The first-order valence-electron chi connectivity index (χ1n) is 5.39. The zero-order valence-electron chi connectivity index (χ0n) is 10.4. The number of hydrogen-bond acceptors (Lipinski definition) is 4. The highest BCUT2D eigenvalue weighted by molar-refractivity contribution is 9.10. The standard InChI is InChI=1S/C12H17BrO4/c1-5-16-10(14)11(2,3)12(4,15)8-6-7-9(13)17-8/h6-7,15H,5H2,1-4H3. The van der Waals surface area contributed by atoms with Crippen LogP contribution in [0.25, 0.3) is 0 Å². The number of hydrogen-bond donors (Lipinski definition) is 1. The topological polar surface area (TPSA) is 59.7 Å². The second kappa shape index (κ2) is 4.82. The van der Waals surface area contributed by atoms with Crippen molar-refractivity contribution in [2.75, 3.05) is 6.61 Å². The Morgan fingerprint density at radius 2 is 2.06 bits per heavy atom. The summed E-state index contributed by atoms with van der Waals surface area (Å²) in [7, 11) is 0. The summed E-state index contributed by atoms with van der Waals surface area (Å²) >= 11 is 3.17. The molecule has 1 aromatic heterocycles. The van der Waals surface area contributed by atoms with Crippen LogP contribution in [0.4, 0.5) is 0 Å². The van der Waals surface area contributed by atoms with Gasteiger partial charge in [-0.25, -0.2) is 0 Å². The molecule has 17 heavy (non-hydrogen) atoms. The van der Waals surface area contributed by atoms with Gasteiger partial charge in [-0.2, -0.15) is 0 Å². The Morgan fingerprint density at radius 1 is 1.47 bits per heavy atom. The number of aliphatic hydroxyl groups is 1. The van der Waals surface area contributed by atoms with Gasteiger partial charge in [-0.15, -0.1) is 0 Å². The molecule has 1 heterocycles. The zero-order chi connectivity index (χ0) is 13.3. The fraction of sp³-hybridized carbons (Fsp3) is 0.583. The van der Waals surface area contributed by atoms with Crippen molar-refractivity contribution in [1.82, 2.24) is 0 Å². The van der Waals surface area contributed by atoms with Crippen molar-refractivity contribution < 1.29 is 19.1 Å². The highest BCUT2D eigenvalue weighted by Gasteiger charge is 2.49. The normalized spacial score (nSPS) is 15.4. The van der Waals surface area contributed by atoms with Gasteiger partial charge in [0.1, 0.15) is 11.4 Å². The summed E-state index contributed by atoms with van der Waals surface area (Å²) in [6.45, 7) is 6.80. The van der Waals surface area contributed by atoms with Gasteiger partial charge >= 0.3 is 5.97 Å². The number of furan rings is 1. The van der Waals surface area contributed by atoms with E-state index in [0.29, 0.717) is 10.4 Å². The molecule has 96 valence electrons. The van der Waals surface area contributed by atoms with Crippen LogP contribution in [0.15, 0.2) is 21.2 Å². The predicted molar refractivity (Wildman–Crippen MR) is 66.4 cm³/mol. The molecular weight excluding hydrogens is 288 g/mol. The molecule has 1 aromatic rings. The molecule has 4 nitrogen and oxygen atoms in total. The second-order valence-electron chi connectivity index (χ2n) is 4.52. The van der Waals surface area contributed by atoms with E-state index in [0.717, 1.165) is 0 Å². The Hall–Kier alpha value is -0.810. The summed E-state index contributed by atoms with van der Waals surface area (Å²) in [4.78, 5) is 11.9. The fourth-order valence-electron chi connectivity index (χ4n) is 1.39. The molecule has 0 fully saturated rings. The number of ether oxygens (including phenoxy) is 1. The molecule has 1 atom stereocenters. The summed E-state index contributed by atoms with van der Waals surface area (Å²) in [5.41, 5.74) is -2.54. The molecule has 0 aromatic carbocycles. The third kappa shape index (κ3) is 2.55. The third-order valence-corrected chi connectivity index (χ3v) is 3.48. The highest BCUT2D eigenvalue weighted by Crippen LogP contribution is 2.41. The first-order chi connectivity index (χ1) is 7.73. The molecule has 0 bridgehead atoms. The average Bonchev–Trinajstić information content (AvgIpc) is 2.65. The lowest BCUT2D eigenvalue weighted by atomic mass is 9.74. The van der Waals surface area contributed by atoms with Crippen LogP contribution in [0.5, 0.6) is 0 Å². The Morgan fingerprint density at radius 3 is 2.47 bits per heavy atom. The van der Waals surface area contributed by atoms with Crippen molar-refractivity contribution in [2.45, 2.75) is 33.3 Å². The van der Waals surface area contributed by atoms with Crippen molar-refractivity contribution in [3.8, 4) is 0 Å². The number of esters is 1. The van der Waals surface area contributed by atoms with Gasteiger partial charge < -0.3 is 14.3 Å². The molecule has 0 saturated carbocycles. The van der Waals surface area contributed by atoms with Crippen molar-refractivity contribution in [3.63, 3.8) is 0 Å². The van der Waals surface area contributed by atoms with Crippen LogP contribution in [0, 0.1) is 5.41 Å². The van der Waals surface area contributed by atoms with Crippen LogP contribution in [0.3, 0.4) is 0 Å². The van der Waals surface area contributed by atoms with Gasteiger partial charge in [0.2, 0.25) is 0 Å². The monoisotopic (exact) mass is 304 g/mol. The Kier molecular flexibility index (Phi) is 4.04. The molecule has 0 amide bonds. The Labute approximate surface area is 109 Å². The van der Waals surface area contributed by atoms with Crippen LogP contribution < -0.4 is 0 Å². The molecule has 0 aliphatic carbocycles. The predicted octanol–water partition coefficient (Wildman–Crippen LogP) is 2.84. The van der Waals surface area contributed by atoms with E-state index >= 15 is 0 Å². The maximum Gasteiger partial charge on any atom is 0.314 e. The van der Waals surface area contributed by atoms with Crippen LogP contribution in [0.2, 0.25) is 0 Å². The highest BCUT2D eigenvalue weighted by atomic mass is 79.9. The largest absolute Gasteiger partial charge is 0.465 e. The molecule has 0 saturated heterocycles. The molecule has 0 aliphatic heterocycles. The fourth-order valence-corrected chi connectivity index (χ4v) is 1.70. The molecule has 1 N–H and O–H groups in total. The number of carbonyl (C=O) groups excluding carboxylic acids is 1. The summed E-state index contributed by atoms with van der Waals surface area (Å²) in [6.07, 6.45) is 0. The molecule has 1 unspecified atom stereocenters. The SMILES string of the molecule is CCOC(=O)C(C)(C)C(C)(O)c1ccc(Br)o1. The van der Waals surface area contributed by atoms with Crippen LogP contribution in [0.1, 0.15) is 33.5 Å². The van der Waals surface area contributed by atoms with Crippen molar-refractivity contribution in [3.05, 3.63) is 22.6 Å². The lowest BCUT2D eigenvalue weighted by Crippen LogP contribution is -2.45. The summed E-state index contributed by atoms with van der Waals surface area (Å²) in [6, 6.07) is 3.30. The van der Waals surface area contributed by atoms with Crippen molar-refractivity contribution in [1.29, 1.82) is 0 Å². The van der Waals surface area contributed by atoms with E-state index < -0.39 is 17.0 Å². The van der Waals surface area contributed by atoms with Gasteiger partial charge in [0.25, 0.3) is 0 Å². The smallest absolute Gasteiger partial charge is 0.314 e. The number of halogens is 1. The van der Waals surface area contributed by atoms with Gasteiger partial charge in [-0.05, 0) is 55.8 Å². The van der Waals surface area contributed by atoms with Gasteiger partial charge in [-0.3, -0.25) is 4.79 Å². The van der Waals surface area contributed by atoms with E-state index in [1.165, 1.54) is 6.92 Å². The lowest BCUT2D eigenvalue weighted by molar-refractivity contribution is -0.172. The summed E-state index contributed by atoms with van der Waals surface area (Å²) in [5.74, 6) is -0.139. The van der Waals surface area contributed by atoms with E-state index in [1.807, 2.05) is 0 Å². The summed E-state index contributed by atoms with van der Waals surface area (Å²) < 4.78 is 10.8. The van der Waals surface area contributed by atoms with Gasteiger partial charge in [0.15, 0.2) is 4.67 Å². The molecule has 1 rings (SSSR count). The van der Waals surface area contributed by atoms with Gasteiger partial charge in [0.05, 0.1) is 12.0 Å². The minimum absolute atomic E-state index is 0.278. The maximum absolute atomic E-state index is 11.9. The quantitative estimate of drug-likeness (QED) is 0.869. The molecule has 0 aliphatic rings. The molecule has 5 heteroatoms. The minimum atomic E-state index is -1.44. The van der Waals surface area contributed by atoms with Crippen LogP contribution >= 0.6 is 15.9 Å². The van der Waals surface area contributed by atoms with Crippen LogP contribution in [-0.2, 0) is 15.1 Å². The van der Waals surface area contributed by atoms with E-state index in [2.05, 4.69) is 15.9 Å². The third-order valence-electron chi connectivity index (χ3n) is 3.06. The zero-order valence-corrected chi connectivity index (χ0v) is 12.0. The number of carbonyl (C=O) groups is 1. The van der Waals surface area contributed by atoms with E-state index in [-0.39, 0.29) is 6.61 Å². The van der Waals surface area contributed by atoms with E-state index in [9.17, 15) is 9.90 Å². The second-order valence-corrected chi connectivity index (χ2v) is 5.30. The molecule has 0 spiro atoms. The Bertz CT molecular complexity index is 406. The Balaban J connectivity index is 3.07. The lowest BCUT2D eigenvalue weighted by Gasteiger charge is -2.35. The van der Waals surface area contributed by atoms with E-state index in [4.69, 9.17) is 9.15 Å². The maximum atomic E-state index is 11.9. The van der Waals surface area contributed by atoms with Gasteiger partial charge in [-0.1, -0.05) is 0 Å².